The maximum atomic E-state index is 5.92. The van der Waals surface area contributed by atoms with E-state index in [2.05, 4.69) is 42.3 Å². The van der Waals surface area contributed by atoms with Crippen LogP contribution in [0.4, 0.5) is 11.9 Å². The van der Waals surface area contributed by atoms with Crippen molar-refractivity contribution in [2.75, 3.05) is 82.8 Å². The Morgan fingerprint density at radius 3 is 2.90 bits per heavy atom. The topological polar surface area (TPSA) is 110 Å². The van der Waals surface area contributed by atoms with Gasteiger partial charge in [0.1, 0.15) is 6.10 Å². The van der Waals surface area contributed by atoms with E-state index < -0.39 is 0 Å². The number of aromatic nitrogens is 5. The highest BCUT2D eigenvalue weighted by Gasteiger charge is 2.25. The van der Waals surface area contributed by atoms with Crippen molar-refractivity contribution < 1.29 is 4.74 Å². The van der Waals surface area contributed by atoms with Crippen LogP contribution < -0.4 is 15.5 Å². The Labute approximate surface area is 182 Å². The fourth-order valence-electron chi connectivity index (χ4n) is 4.26. The van der Waals surface area contributed by atoms with Crippen LogP contribution in [0.5, 0.6) is 0 Å². The summed E-state index contributed by atoms with van der Waals surface area (Å²) in [4.78, 5) is 28.9. The van der Waals surface area contributed by atoms with E-state index in [1.54, 1.807) is 6.33 Å². The van der Waals surface area contributed by atoms with Crippen LogP contribution in [0.2, 0.25) is 0 Å². The lowest BCUT2D eigenvalue weighted by molar-refractivity contribution is 0.0221. The summed E-state index contributed by atoms with van der Waals surface area (Å²) in [7, 11) is 2.18. The van der Waals surface area contributed by atoms with Crippen molar-refractivity contribution in [2.45, 2.75) is 19.1 Å². The van der Waals surface area contributed by atoms with E-state index in [0.717, 1.165) is 83.3 Å². The minimum Gasteiger partial charge on any atom is -0.368 e. The third kappa shape index (κ3) is 4.95. The molecule has 11 nitrogen and oxygen atoms in total. The first-order valence-electron chi connectivity index (χ1n) is 11.2. The zero-order chi connectivity index (χ0) is 21.0. The number of nitrogens with one attached hydrogen (secondary N) is 3. The molecule has 0 saturated carbocycles. The predicted molar refractivity (Wildman–Crippen MR) is 117 cm³/mol. The highest BCUT2D eigenvalue weighted by atomic mass is 16.5. The van der Waals surface area contributed by atoms with Gasteiger partial charge in [0.05, 0.1) is 30.9 Å². The van der Waals surface area contributed by atoms with E-state index in [-0.39, 0.29) is 6.10 Å². The minimum atomic E-state index is -0.152. The highest BCUT2D eigenvalue weighted by Crippen LogP contribution is 2.23. The first kappa shape index (κ1) is 20.6. The highest BCUT2D eigenvalue weighted by molar-refractivity contribution is 5.40. The van der Waals surface area contributed by atoms with Crippen LogP contribution in [0.15, 0.2) is 6.33 Å². The van der Waals surface area contributed by atoms with Gasteiger partial charge >= 0.3 is 0 Å². The number of ether oxygens (including phenoxy) is 1. The molecule has 0 amide bonds. The van der Waals surface area contributed by atoms with Crippen molar-refractivity contribution in [3.8, 4) is 0 Å². The lowest BCUT2D eigenvalue weighted by Crippen LogP contribution is -2.45. The summed E-state index contributed by atoms with van der Waals surface area (Å²) in [6.07, 6.45) is 2.49. The fourth-order valence-corrected chi connectivity index (χ4v) is 4.26. The summed E-state index contributed by atoms with van der Waals surface area (Å²) < 4.78 is 5.92. The van der Waals surface area contributed by atoms with Gasteiger partial charge in [0.25, 0.3) is 0 Å². The SMILES string of the molecule is CN1CCN(CCNc2nc(C3CNCCO3)nc(N3CCc4nc[nH]c4C3)n2)CC1. The van der Waals surface area contributed by atoms with Crippen LogP contribution in [-0.4, -0.2) is 107 Å². The summed E-state index contributed by atoms with van der Waals surface area (Å²) in [6.45, 7) is 10.0. The molecule has 5 heterocycles. The van der Waals surface area contributed by atoms with E-state index in [1.165, 1.54) is 0 Å². The van der Waals surface area contributed by atoms with Gasteiger partial charge < -0.3 is 30.2 Å². The third-order valence-corrected chi connectivity index (χ3v) is 6.22. The molecule has 0 spiro atoms. The Kier molecular flexibility index (Phi) is 6.25. The zero-order valence-corrected chi connectivity index (χ0v) is 18.2. The van der Waals surface area contributed by atoms with Crippen molar-refractivity contribution >= 4 is 11.9 Å². The van der Waals surface area contributed by atoms with Gasteiger partial charge in [-0.05, 0) is 7.05 Å². The van der Waals surface area contributed by atoms with Crippen LogP contribution >= 0.6 is 0 Å². The molecule has 1 atom stereocenters. The smallest absolute Gasteiger partial charge is 0.230 e. The van der Waals surface area contributed by atoms with Crippen molar-refractivity contribution in [2.24, 2.45) is 0 Å². The number of rotatable bonds is 6. The number of hydrogen-bond donors (Lipinski definition) is 3. The van der Waals surface area contributed by atoms with Crippen LogP contribution in [-0.2, 0) is 17.7 Å². The molecule has 168 valence electrons. The molecule has 2 aromatic rings. The average Bonchev–Trinajstić information content (AvgIpc) is 3.29. The molecule has 3 N–H and O–H groups in total. The lowest BCUT2D eigenvalue weighted by Gasteiger charge is -2.32. The van der Waals surface area contributed by atoms with Crippen molar-refractivity contribution in [1.29, 1.82) is 0 Å². The number of fused-ring (bicyclic) bond motifs is 1. The number of imidazole rings is 1. The number of piperazine rings is 1. The number of nitrogens with zero attached hydrogens (tertiary/aromatic N) is 7. The van der Waals surface area contributed by atoms with Gasteiger partial charge in [-0.2, -0.15) is 15.0 Å². The zero-order valence-electron chi connectivity index (χ0n) is 18.2. The molecule has 0 aliphatic carbocycles. The van der Waals surface area contributed by atoms with Crippen molar-refractivity contribution in [1.82, 2.24) is 40.0 Å². The predicted octanol–water partition coefficient (Wildman–Crippen LogP) is -0.522. The van der Waals surface area contributed by atoms with Crippen LogP contribution in [0.25, 0.3) is 0 Å². The summed E-state index contributed by atoms with van der Waals surface area (Å²) in [6, 6.07) is 0. The number of likely N-dealkylation sites (N-methyl/N-ethyl adjacent to an activating group) is 1. The molecule has 3 aliphatic heterocycles. The molecule has 0 radical (unpaired) electrons. The molecule has 3 aliphatic rings. The van der Waals surface area contributed by atoms with Gasteiger partial charge in [-0.15, -0.1) is 0 Å². The first-order valence-corrected chi connectivity index (χ1v) is 11.2. The molecule has 5 rings (SSSR count). The average molecular weight is 429 g/mol. The second-order valence-corrected chi connectivity index (χ2v) is 8.45. The van der Waals surface area contributed by atoms with Gasteiger partial charge in [0, 0.05) is 65.3 Å². The Morgan fingerprint density at radius 2 is 2.06 bits per heavy atom. The molecule has 2 aromatic heterocycles. The number of anilines is 2. The molecular formula is C20H32N10O. The molecule has 0 bridgehead atoms. The van der Waals surface area contributed by atoms with Gasteiger partial charge in [-0.25, -0.2) is 4.98 Å². The normalized spacial score (nSPS) is 23.0. The van der Waals surface area contributed by atoms with E-state index in [1.807, 2.05) is 0 Å². The molecule has 2 saturated heterocycles. The number of morpholine rings is 1. The summed E-state index contributed by atoms with van der Waals surface area (Å²) in [5.74, 6) is 2.01. The minimum absolute atomic E-state index is 0.152. The first-order chi connectivity index (χ1) is 15.2. The van der Waals surface area contributed by atoms with Gasteiger partial charge in [-0.1, -0.05) is 0 Å². The lowest BCUT2D eigenvalue weighted by atomic mass is 10.1. The van der Waals surface area contributed by atoms with E-state index >= 15 is 0 Å². The maximum absolute atomic E-state index is 5.92. The molecule has 11 heteroatoms. The van der Waals surface area contributed by atoms with E-state index in [9.17, 15) is 0 Å². The maximum Gasteiger partial charge on any atom is 0.230 e. The van der Waals surface area contributed by atoms with Crippen molar-refractivity contribution in [3.63, 3.8) is 0 Å². The molecule has 0 aromatic carbocycles. The summed E-state index contributed by atoms with van der Waals surface area (Å²) in [5, 5.41) is 6.80. The summed E-state index contributed by atoms with van der Waals surface area (Å²) >= 11 is 0. The third-order valence-electron chi connectivity index (χ3n) is 6.22. The second kappa shape index (κ2) is 9.43. The van der Waals surface area contributed by atoms with Crippen LogP contribution in [0.3, 0.4) is 0 Å². The van der Waals surface area contributed by atoms with Crippen LogP contribution in [0.1, 0.15) is 23.3 Å². The molecular weight excluding hydrogens is 396 g/mol. The van der Waals surface area contributed by atoms with Crippen LogP contribution in [0, 0.1) is 0 Å². The van der Waals surface area contributed by atoms with Crippen molar-refractivity contribution in [3.05, 3.63) is 23.5 Å². The summed E-state index contributed by atoms with van der Waals surface area (Å²) in [5.41, 5.74) is 2.27. The molecule has 31 heavy (non-hydrogen) atoms. The Morgan fingerprint density at radius 1 is 1.16 bits per heavy atom. The van der Waals surface area contributed by atoms with E-state index in [4.69, 9.17) is 19.7 Å². The Hall–Kier alpha value is -2.34. The number of H-pyrrole nitrogens is 1. The quantitative estimate of drug-likeness (QED) is 0.556. The van der Waals surface area contributed by atoms with Gasteiger partial charge in [-0.3, -0.25) is 4.90 Å². The monoisotopic (exact) mass is 428 g/mol. The largest absolute Gasteiger partial charge is 0.368 e. The van der Waals surface area contributed by atoms with Gasteiger partial charge in [0.15, 0.2) is 5.82 Å². The number of hydrogen-bond acceptors (Lipinski definition) is 10. The fraction of sp³-hybridized carbons (Fsp3) is 0.700. The molecule has 1 unspecified atom stereocenters. The Balaban J connectivity index is 1.30. The molecule has 2 fully saturated rings. The Bertz CT molecular complexity index is 859. The van der Waals surface area contributed by atoms with E-state index in [0.29, 0.717) is 24.3 Å². The number of aromatic amines is 1. The standard InChI is InChI=1S/C20H32N10O/c1-28-7-9-29(10-8-28)6-3-22-19-25-18(17-12-21-4-11-31-17)26-20(27-19)30-5-2-15-16(13-30)24-14-23-15/h14,17,21H,2-13H2,1H3,(H,23,24)(H,22,25,26,27). The van der Waals surface area contributed by atoms with Gasteiger partial charge in [0.2, 0.25) is 11.9 Å². The second-order valence-electron chi connectivity index (χ2n) is 8.45.